The number of anilines is 3. The lowest BCUT2D eigenvalue weighted by Gasteiger charge is -2.32. The van der Waals surface area contributed by atoms with Gasteiger partial charge in [-0.1, -0.05) is 60.7 Å². The molecule has 0 fully saturated rings. The summed E-state index contributed by atoms with van der Waals surface area (Å²) in [6, 6.07) is 33.8. The van der Waals surface area contributed by atoms with Crippen LogP contribution in [-0.2, 0) is 5.41 Å². The Morgan fingerprint density at radius 2 is 1.34 bits per heavy atom. The lowest BCUT2D eigenvalue weighted by Crippen LogP contribution is -2.32. The largest absolute Gasteiger partial charge is 0.353 e. The van der Waals surface area contributed by atoms with Crippen LogP contribution in [0.5, 0.6) is 0 Å². The standard InChI is InChI=1S/C30H23N5/c1-34-20-35(29-25(34)14-9-19-32-29)28-17-8-16-27(33-28)30(26-15-6-7-18-31-26)23-12-4-2-10-21(23)22-11-3-5-13-24(22)30/h2-19H,20H2,1H3. The third-order valence-corrected chi connectivity index (χ3v) is 7.18. The minimum absolute atomic E-state index is 0.608. The Hall–Kier alpha value is -4.51. The summed E-state index contributed by atoms with van der Waals surface area (Å²) in [5, 5.41) is 0. The number of hydrogen-bond acceptors (Lipinski definition) is 5. The van der Waals surface area contributed by atoms with Gasteiger partial charge in [0, 0.05) is 19.4 Å². The minimum atomic E-state index is -0.608. The molecule has 7 rings (SSSR count). The number of pyridine rings is 3. The minimum Gasteiger partial charge on any atom is -0.353 e. The van der Waals surface area contributed by atoms with E-state index in [0.29, 0.717) is 6.67 Å². The van der Waals surface area contributed by atoms with Crippen molar-refractivity contribution in [3.05, 3.63) is 132 Å². The predicted octanol–water partition coefficient (Wildman–Crippen LogP) is 5.78. The summed E-state index contributed by atoms with van der Waals surface area (Å²) in [5.74, 6) is 1.81. The van der Waals surface area contributed by atoms with Crippen LogP contribution in [0.15, 0.2) is 109 Å². The van der Waals surface area contributed by atoms with Gasteiger partial charge in [0.1, 0.15) is 11.2 Å². The number of nitrogens with zero attached hydrogens (tertiary/aromatic N) is 5. The predicted molar refractivity (Wildman–Crippen MR) is 139 cm³/mol. The van der Waals surface area contributed by atoms with Gasteiger partial charge in [-0.05, 0) is 58.7 Å². The lowest BCUT2D eigenvalue weighted by atomic mass is 9.72. The first-order valence-electron chi connectivity index (χ1n) is 11.8. The molecule has 0 amide bonds. The third-order valence-electron chi connectivity index (χ3n) is 7.18. The van der Waals surface area contributed by atoms with E-state index in [2.05, 4.69) is 107 Å². The molecule has 2 aliphatic rings. The molecule has 5 nitrogen and oxygen atoms in total. The zero-order valence-corrected chi connectivity index (χ0v) is 19.3. The van der Waals surface area contributed by atoms with Gasteiger partial charge >= 0.3 is 0 Å². The maximum Gasteiger partial charge on any atom is 0.159 e. The zero-order chi connectivity index (χ0) is 23.4. The van der Waals surface area contributed by atoms with E-state index >= 15 is 0 Å². The maximum atomic E-state index is 5.34. The molecule has 0 saturated carbocycles. The molecule has 0 unspecified atom stereocenters. The normalized spacial score (nSPS) is 15.0. The number of rotatable bonds is 3. The number of fused-ring (bicyclic) bond motifs is 4. The molecule has 3 aromatic heterocycles. The van der Waals surface area contributed by atoms with Gasteiger partial charge in [0.05, 0.1) is 23.7 Å². The smallest absolute Gasteiger partial charge is 0.159 e. The summed E-state index contributed by atoms with van der Waals surface area (Å²) >= 11 is 0. The van der Waals surface area contributed by atoms with Crippen molar-refractivity contribution in [2.75, 3.05) is 23.5 Å². The second-order valence-electron chi connectivity index (χ2n) is 9.05. The summed E-state index contributed by atoms with van der Waals surface area (Å²) < 4.78 is 0. The zero-order valence-electron chi connectivity index (χ0n) is 19.3. The summed E-state index contributed by atoms with van der Waals surface area (Å²) in [6.07, 6.45) is 3.72. The third kappa shape index (κ3) is 2.72. The molecule has 2 aromatic carbocycles. The van der Waals surface area contributed by atoms with Crippen molar-refractivity contribution in [1.82, 2.24) is 15.0 Å². The average molecular weight is 454 g/mol. The highest BCUT2D eigenvalue weighted by Gasteiger charge is 2.48. The summed E-state index contributed by atoms with van der Waals surface area (Å²) in [6.45, 7) is 0.701. The van der Waals surface area contributed by atoms with E-state index in [4.69, 9.17) is 9.97 Å². The van der Waals surface area contributed by atoms with Gasteiger partial charge < -0.3 is 4.90 Å². The Kier molecular flexibility index (Phi) is 4.27. The van der Waals surface area contributed by atoms with Gasteiger partial charge in [-0.2, -0.15) is 0 Å². The highest BCUT2D eigenvalue weighted by molar-refractivity contribution is 5.85. The molecule has 0 bridgehead atoms. The number of benzene rings is 2. The van der Waals surface area contributed by atoms with Crippen molar-refractivity contribution in [2.45, 2.75) is 5.41 Å². The average Bonchev–Trinajstić information content (AvgIpc) is 3.43. The van der Waals surface area contributed by atoms with Crippen molar-refractivity contribution in [3.63, 3.8) is 0 Å². The lowest BCUT2D eigenvalue weighted by molar-refractivity contribution is 0.704. The number of hydrogen-bond donors (Lipinski definition) is 0. The SMILES string of the molecule is CN1CN(c2cccc(C3(c4ccccn4)c4ccccc4-c4ccccc43)n2)c2ncccc21. The molecule has 4 heterocycles. The van der Waals surface area contributed by atoms with Crippen molar-refractivity contribution in [2.24, 2.45) is 0 Å². The Morgan fingerprint density at radius 3 is 2.09 bits per heavy atom. The summed E-state index contributed by atoms with van der Waals surface area (Å²) in [7, 11) is 2.09. The fourth-order valence-corrected chi connectivity index (χ4v) is 5.72. The summed E-state index contributed by atoms with van der Waals surface area (Å²) in [4.78, 5) is 19.3. The van der Waals surface area contributed by atoms with Crippen molar-refractivity contribution >= 4 is 17.3 Å². The molecule has 0 spiro atoms. The molecule has 5 heteroatoms. The first-order chi connectivity index (χ1) is 17.3. The van der Waals surface area contributed by atoms with Crippen LogP contribution in [0, 0.1) is 0 Å². The fourth-order valence-electron chi connectivity index (χ4n) is 5.72. The molecule has 1 aliphatic carbocycles. The molecular weight excluding hydrogens is 430 g/mol. The van der Waals surface area contributed by atoms with Crippen molar-refractivity contribution in [3.8, 4) is 11.1 Å². The van der Waals surface area contributed by atoms with E-state index in [1.165, 1.54) is 22.3 Å². The molecule has 35 heavy (non-hydrogen) atoms. The summed E-state index contributed by atoms with van der Waals surface area (Å²) in [5.41, 5.74) is 7.31. The van der Waals surface area contributed by atoms with E-state index in [-0.39, 0.29) is 0 Å². The van der Waals surface area contributed by atoms with E-state index in [1.807, 2.05) is 24.5 Å². The van der Waals surface area contributed by atoms with Gasteiger partial charge in [0.25, 0.3) is 0 Å². The molecule has 0 N–H and O–H groups in total. The highest BCUT2D eigenvalue weighted by Crippen LogP contribution is 2.55. The first-order valence-corrected chi connectivity index (χ1v) is 11.8. The quantitative estimate of drug-likeness (QED) is 0.340. The van der Waals surface area contributed by atoms with Crippen LogP contribution in [0.25, 0.3) is 11.1 Å². The fraction of sp³-hybridized carbons (Fsp3) is 0.100. The van der Waals surface area contributed by atoms with Crippen LogP contribution in [0.3, 0.4) is 0 Å². The van der Waals surface area contributed by atoms with E-state index in [9.17, 15) is 0 Å². The van der Waals surface area contributed by atoms with Crippen LogP contribution in [0.2, 0.25) is 0 Å². The Balaban J connectivity index is 1.51. The number of aromatic nitrogens is 3. The molecule has 1 aliphatic heterocycles. The van der Waals surface area contributed by atoms with E-state index in [0.717, 1.165) is 28.7 Å². The van der Waals surface area contributed by atoms with Gasteiger partial charge in [0.2, 0.25) is 0 Å². The monoisotopic (exact) mass is 453 g/mol. The molecule has 0 radical (unpaired) electrons. The van der Waals surface area contributed by atoms with Crippen LogP contribution >= 0.6 is 0 Å². The van der Waals surface area contributed by atoms with Crippen LogP contribution < -0.4 is 9.80 Å². The van der Waals surface area contributed by atoms with Crippen LogP contribution in [0.1, 0.15) is 22.5 Å². The maximum absolute atomic E-state index is 5.34. The second-order valence-corrected chi connectivity index (χ2v) is 9.05. The van der Waals surface area contributed by atoms with Gasteiger partial charge in [-0.3, -0.25) is 9.88 Å². The molecule has 0 atom stereocenters. The topological polar surface area (TPSA) is 45.2 Å². The molecule has 0 saturated heterocycles. The van der Waals surface area contributed by atoms with E-state index in [1.54, 1.807) is 0 Å². The second kappa shape index (κ2) is 7.50. The van der Waals surface area contributed by atoms with Crippen LogP contribution in [-0.4, -0.2) is 28.7 Å². The first kappa shape index (κ1) is 19.9. The van der Waals surface area contributed by atoms with Gasteiger partial charge in [0.15, 0.2) is 5.82 Å². The van der Waals surface area contributed by atoms with E-state index < -0.39 is 5.41 Å². The van der Waals surface area contributed by atoms with Gasteiger partial charge in [-0.15, -0.1) is 0 Å². The Morgan fingerprint density at radius 1 is 0.657 bits per heavy atom. The molecule has 5 aromatic rings. The molecule has 168 valence electrons. The van der Waals surface area contributed by atoms with Crippen molar-refractivity contribution in [1.29, 1.82) is 0 Å². The van der Waals surface area contributed by atoms with Gasteiger partial charge in [-0.25, -0.2) is 9.97 Å². The Labute approximate surface area is 204 Å². The Bertz CT molecular complexity index is 1520. The molecular formula is C30H23N5. The van der Waals surface area contributed by atoms with Crippen molar-refractivity contribution < 1.29 is 0 Å². The highest BCUT2D eigenvalue weighted by atomic mass is 15.4. The van der Waals surface area contributed by atoms with Crippen LogP contribution in [0.4, 0.5) is 17.3 Å².